The number of aliphatic hydroxyl groups is 2. The van der Waals surface area contributed by atoms with Crippen LogP contribution in [0.25, 0.3) is 0 Å². The van der Waals surface area contributed by atoms with Crippen LogP contribution < -0.4 is 0 Å². The maximum absolute atomic E-state index is 11.0. The summed E-state index contributed by atoms with van der Waals surface area (Å²) < 4.78 is 132. The number of hydrogen-bond donors (Lipinski definition) is 2. The molecule has 0 unspecified atom stereocenters. The summed E-state index contributed by atoms with van der Waals surface area (Å²) in [5.74, 6) is 0. The van der Waals surface area contributed by atoms with Crippen molar-refractivity contribution in [3.63, 3.8) is 0 Å². The van der Waals surface area contributed by atoms with Crippen LogP contribution in [0.2, 0.25) is 0 Å². The van der Waals surface area contributed by atoms with Crippen molar-refractivity contribution < 1.29 is 82.4 Å². The minimum atomic E-state index is -5.63. The Labute approximate surface area is 120 Å². The van der Waals surface area contributed by atoms with Crippen molar-refractivity contribution in [2.75, 3.05) is 0 Å². The average Bonchev–Trinajstić information content (AvgIpc) is 2.10. The molecule has 126 valence electrons. The van der Waals surface area contributed by atoms with Crippen LogP contribution in [0.1, 0.15) is 0 Å². The summed E-state index contributed by atoms with van der Waals surface area (Å²) in [7, 11) is 0. The van der Waals surface area contributed by atoms with Gasteiger partial charge in [0.1, 0.15) is 0 Å². The van der Waals surface area contributed by atoms with E-state index in [4.69, 9.17) is 10.2 Å². The normalized spacial score (nSPS) is 13.7. The standard InChI is InChI=1S/2C3H2F6O.Zn/c2*4-2(5,6)1(10)3(7,8)9;/h2*1,10H;. The molecule has 0 aromatic rings. The fourth-order valence-corrected chi connectivity index (χ4v) is 0.371. The topological polar surface area (TPSA) is 40.5 Å². The first-order valence-corrected chi connectivity index (χ1v) is 3.94. The van der Waals surface area contributed by atoms with Gasteiger partial charge < -0.3 is 10.2 Å². The van der Waals surface area contributed by atoms with Gasteiger partial charge in [0.15, 0.2) is 0 Å². The molecule has 0 atom stereocenters. The van der Waals surface area contributed by atoms with E-state index in [-0.39, 0.29) is 19.5 Å². The van der Waals surface area contributed by atoms with Gasteiger partial charge in [0.05, 0.1) is 0 Å². The Kier molecular flexibility index (Phi) is 9.54. The Morgan fingerprint density at radius 2 is 0.524 bits per heavy atom. The van der Waals surface area contributed by atoms with E-state index in [1.165, 1.54) is 0 Å². The van der Waals surface area contributed by atoms with Gasteiger partial charge in [0.25, 0.3) is 0 Å². The van der Waals surface area contributed by atoms with Crippen LogP contribution >= 0.6 is 0 Å². The Balaban J connectivity index is -0.000000295. The average molecular weight is 401 g/mol. The Hall–Kier alpha value is -0.297. The molecule has 0 aromatic carbocycles. The first-order valence-electron chi connectivity index (χ1n) is 3.94. The van der Waals surface area contributed by atoms with Gasteiger partial charge in [-0.05, 0) is 0 Å². The molecule has 0 aromatic heterocycles. The van der Waals surface area contributed by atoms with Crippen LogP contribution in [0.4, 0.5) is 52.7 Å². The van der Waals surface area contributed by atoms with E-state index in [1.807, 2.05) is 0 Å². The zero-order chi connectivity index (χ0) is 17.2. The van der Waals surface area contributed by atoms with Crippen molar-refractivity contribution in [1.82, 2.24) is 0 Å². The SMILES string of the molecule is OC(C(F)(F)F)C(F)(F)F.OC(C(F)(F)F)C(F)(F)F.[Zn]. The van der Waals surface area contributed by atoms with Gasteiger partial charge in [-0.1, -0.05) is 0 Å². The molecule has 0 rings (SSSR count). The van der Waals surface area contributed by atoms with E-state index in [0.29, 0.717) is 0 Å². The van der Waals surface area contributed by atoms with Crippen molar-refractivity contribution in [1.29, 1.82) is 0 Å². The van der Waals surface area contributed by atoms with E-state index in [1.54, 1.807) is 0 Å². The third kappa shape index (κ3) is 11.0. The van der Waals surface area contributed by atoms with E-state index in [0.717, 1.165) is 0 Å². The predicted octanol–water partition coefficient (Wildman–Crippen LogP) is 2.94. The summed E-state index contributed by atoms with van der Waals surface area (Å²) in [6.45, 7) is 0. The van der Waals surface area contributed by atoms with Crippen LogP contribution in [0.3, 0.4) is 0 Å². The maximum Gasteiger partial charge on any atom is 0.423 e. The molecule has 0 aliphatic rings. The molecule has 0 bridgehead atoms. The number of hydrogen-bond acceptors (Lipinski definition) is 2. The van der Waals surface area contributed by atoms with Gasteiger partial charge >= 0.3 is 24.7 Å². The van der Waals surface area contributed by atoms with Crippen molar-refractivity contribution in [2.24, 2.45) is 0 Å². The Morgan fingerprint density at radius 3 is 0.524 bits per heavy atom. The number of rotatable bonds is 0. The van der Waals surface area contributed by atoms with Crippen molar-refractivity contribution >= 4 is 0 Å². The Bertz CT molecular complexity index is 230. The quantitative estimate of drug-likeness (QED) is 0.484. The summed E-state index contributed by atoms with van der Waals surface area (Å²) in [5.41, 5.74) is 0. The minimum absolute atomic E-state index is 0. The minimum Gasteiger partial charge on any atom is -0.377 e. The third-order valence-electron chi connectivity index (χ3n) is 1.24. The zero-order valence-corrected chi connectivity index (χ0v) is 12.3. The predicted molar refractivity (Wildman–Crippen MR) is 36.2 cm³/mol. The van der Waals surface area contributed by atoms with Crippen LogP contribution in [-0.4, -0.2) is 47.1 Å². The maximum atomic E-state index is 11.0. The smallest absolute Gasteiger partial charge is 0.377 e. The number of aliphatic hydroxyl groups excluding tert-OH is 2. The molecule has 2 N–H and O–H groups in total. The van der Waals surface area contributed by atoms with E-state index < -0.39 is 36.9 Å². The Morgan fingerprint density at radius 1 is 0.429 bits per heavy atom. The number of alkyl halides is 12. The van der Waals surface area contributed by atoms with Gasteiger partial charge in [-0.3, -0.25) is 0 Å². The second kappa shape index (κ2) is 7.81. The molecule has 0 amide bonds. The van der Waals surface area contributed by atoms with Crippen LogP contribution in [0, 0.1) is 0 Å². The third-order valence-corrected chi connectivity index (χ3v) is 1.24. The fraction of sp³-hybridized carbons (Fsp3) is 1.00. The number of halogens is 12. The summed E-state index contributed by atoms with van der Waals surface area (Å²) in [6, 6.07) is 0. The summed E-state index contributed by atoms with van der Waals surface area (Å²) in [6.07, 6.45) is -31.0. The molecule has 0 aliphatic carbocycles. The molecule has 0 saturated carbocycles. The van der Waals surface area contributed by atoms with Gasteiger partial charge in [-0.15, -0.1) is 0 Å². The molecule has 2 nitrogen and oxygen atoms in total. The summed E-state index contributed by atoms with van der Waals surface area (Å²) >= 11 is 0. The van der Waals surface area contributed by atoms with Crippen molar-refractivity contribution in [3.05, 3.63) is 0 Å². The monoisotopic (exact) mass is 400 g/mol. The molecule has 0 saturated heterocycles. The van der Waals surface area contributed by atoms with Crippen LogP contribution in [0.15, 0.2) is 0 Å². The zero-order valence-electron chi connectivity index (χ0n) is 9.29. The molecule has 15 heteroatoms. The molecule has 0 aliphatic heterocycles. The van der Waals surface area contributed by atoms with Gasteiger partial charge in [-0.25, -0.2) is 0 Å². The van der Waals surface area contributed by atoms with E-state index >= 15 is 0 Å². The molecular weight excluding hydrogens is 397 g/mol. The second-order valence-corrected chi connectivity index (χ2v) is 2.97. The van der Waals surface area contributed by atoms with Crippen molar-refractivity contribution in [2.45, 2.75) is 36.9 Å². The molecule has 0 spiro atoms. The molecule has 0 radical (unpaired) electrons. The largest absolute Gasteiger partial charge is 0.423 e. The van der Waals surface area contributed by atoms with Gasteiger partial charge in [0, 0.05) is 19.5 Å². The van der Waals surface area contributed by atoms with E-state index in [9.17, 15) is 52.7 Å². The van der Waals surface area contributed by atoms with Gasteiger partial charge in [-0.2, -0.15) is 52.7 Å². The molecular formula is C6H4F12O2Zn. The summed E-state index contributed by atoms with van der Waals surface area (Å²) in [4.78, 5) is 0. The fourth-order valence-electron chi connectivity index (χ4n) is 0.371. The molecule has 21 heavy (non-hydrogen) atoms. The first kappa shape index (κ1) is 25.6. The van der Waals surface area contributed by atoms with E-state index in [2.05, 4.69) is 0 Å². The molecule has 0 fully saturated rings. The van der Waals surface area contributed by atoms with Gasteiger partial charge in [0.2, 0.25) is 12.2 Å². The van der Waals surface area contributed by atoms with Crippen molar-refractivity contribution in [3.8, 4) is 0 Å². The van der Waals surface area contributed by atoms with Crippen LogP contribution in [0.5, 0.6) is 0 Å². The molecule has 0 heterocycles. The summed E-state index contributed by atoms with van der Waals surface area (Å²) in [5, 5.41) is 14.9. The first-order chi connectivity index (χ1) is 8.31. The second-order valence-electron chi connectivity index (χ2n) is 2.97. The van der Waals surface area contributed by atoms with Crippen LogP contribution in [-0.2, 0) is 19.5 Å².